The van der Waals surface area contributed by atoms with Crippen LogP contribution in [0, 0.1) is 0 Å². The lowest BCUT2D eigenvalue weighted by atomic mass is 10.2. The molecule has 21 heavy (non-hydrogen) atoms. The highest BCUT2D eigenvalue weighted by Crippen LogP contribution is 2.14. The number of pyridine rings is 1. The van der Waals surface area contributed by atoms with E-state index in [2.05, 4.69) is 22.4 Å². The van der Waals surface area contributed by atoms with Crippen LogP contribution in [0.1, 0.15) is 11.3 Å². The quantitative estimate of drug-likeness (QED) is 0.834. The summed E-state index contributed by atoms with van der Waals surface area (Å²) in [6, 6.07) is 13.6. The van der Waals surface area contributed by atoms with Crippen molar-refractivity contribution in [1.82, 2.24) is 10.3 Å². The average Bonchev–Trinajstić information content (AvgIpc) is 2.53. The smallest absolute Gasteiger partial charge is 0.226 e. The summed E-state index contributed by atoms with van der Waals surface area (Å²) in [6.07, 6.45) is 2.29. The molecule has 0 fully saturated rings. The molecule has 0 saturated carbocycles. The van der Waals surface area contributed by atoms with E-state index in [0.29, 0.717) is 18.1 Å². The predicted molar refractivity (Wildman–Crippen MR) is 84.6 cm³/mol. The molecule has 0 radical (unpaired) electrons. The maximum absolute atomic E-state index is 11.9. The van der Waals surface area contributed by atoms with Gasteiger partial charge in [-0.1, -0.05) is 18.2 Å². The van der Waals surface area contributed by atoms with Crippen molar-refractivity contribution in [3.05, 3.63) is 53.7 Å². The Morgan fingerprint density at radius 3 is 2.67 bits per heavy atom. The summed E-state index contributed by atoms with van der Waals surface area (Å²) in [5, 5.41) is 2.90. The van der Waals surface area contributed by atoms with Crippen LogP contribution in [0.25, 0.3) is 0 Å². The van der Waals surface area contributed by atoms with Crippen molar-refractivity contribution in [1.29, 1.82) is 0 Å². The number of amides is 1. The number of aromatic nitrogens is 1. The van der Waals surface area contributed by atoms with E-state index in [1.807, 2.05) is 30.5 Å². The molecule has 0 atom stereocenters. The molecule has 0 aliphatic rings. The summed E-state index contributed by atoms with van der Waals surface area (Å²) < 4.78 is 5.04. The van der Waals surface area contributed by atoms with Crippen molar-refractivity contribution < 1.29 is 9.53 Å². The lowest BCUT2D eigenvalue weighted by molar-refractivity contribution is -0.120. The summed E-state index contributed by atoms with van der Waals surface area (Å²) >= 11 is 1.70. The van der Waals surface area contributed by atoms with E-state index in [1.54, 1.807) is 24.9 Å². The molecular weight excluding hydrogens is 284 g/mol. The predicted octanol–water partition coefficient (Wildman–Crippen LogP) is 2.67. The average molecular weight is 302 g/mol. The van der Waals surface area contributed by atoms with Gasteiger partial charge in [0.15, 0.2) is 0 Å². The fourth-order valence-corrected chi connectivity index (χ4v) is 2.25. The van der Waals surface area contributed by atoms with Crippen molar-refractivity contribution in [2.24, 2.45) is 0 Å². The Morgan fingerprint density at radius 1 is 1.24 bits per heavy atom. The maximum atomic E-state index is 11.9. The van der Waals surface area contributed by atoms with Crippen LogP contribution in [-0.2, 0) is 17.8 Å². The SMILES string of the molecule is COc1cccc(CC(=O)NCc2ccc(SC)cc2)n1. The first-order valence-corrected chi connectivity index (χ1v) is 7.83. The molecule has 1 N–H and O–H groups in total. The number of ether oxygens (including phenoxy) is 1. The number of thioether (sulfide) groups is 1. The normalized spacial score (nSPS) is 10.2. The Labute approximate surface area is 128 Å². The molecule has 0 bridgehead atoms. The molecule has 5 heteroatoms. The number of carbonyl (C=O) groups is 1. The fraction of sp³-hybridized carbons (Fsp3) is 0.250. The fourth-order valence-electron chi connectivity index (χ4n) is 1.84. The van der Waals surface area contributed by atoms with Crippen molar-refractivity contribution in [3.63, 3.8) is 0 Å². The van der Waals surface area contributed by atoms with Crippen LogP contribution in [0.15, 0.2) is 47.4 Å². The molecule has 0 unspecified atom stereocenters. The minimum atomic E-state index is -0.0512. The highest BCUT2D eigenvalue weighted by Gasteiger charge is 2.05. The molecule has 1 aromatic heterocycles. The molecule has 110 valence electrons. The number of hydrogen-bond donors (Lipinski definition) is 1. The van der Waals surface area contributed by atoms with Crippen LogP contribution < -0.4 is 10.1 Å². The zero-order chi connectivity index (χ0) is 15.1. The molecule has 1 heterocycles. The van der Waals surface area contributed by atoms with Gasteiger partial charge in [-0.3, -0.25) is 4.79 Å². The van der Waals surface area contributed by atoms with Crippen LogP contribution in [-0.4, -0.2) is 24.3 Å². The van der Waals surface area contributed by atoms with Crippen molar-refractivity contribution in [2.45, 2.75) is 17.9 Å². The zero-order valence-corrected chi connectivity index (χ0v) is 12.9. The highest BCUT2D eigenvalue weighted by atomic mass is 32.2. The van der Waals surface area contributed by atoms with E-state index in [-0.39, 0.29) is 12.3 Å². The Hall–Kier alpha value is -2.01. The highest BCUT2D eigenvalue weighted by molar-refractivity contribution is 7.98. The molecule has 1 aromatic carbocycles. The third-order valence-electron chi connectivity index (χ3n) is 2.98. The van der Waals surface area contributed by atoms with Gasteiger partial charge in [0.25, 0.3) is 0 Å². The van der Waals surface area contributed by atoms with Crippen molar-refractivity contribution in [3.8, 4) is 5.88 Å². The molecule has 0 aliphatic carbocycles. The third kappa shape index (κ3) is 4.79. The lowest BCUT2D eigenvalue weighted by Gasteiger charge is -2.06. The van der Waals surface area contributed by atoms with E-state index >= 15 is 0 Å². The van der Waals surface area contributed by atoms with Gasteiger partial charge in [0, 0.05) is 17.5 Å². The van der Waals surface area contributed by atoms with Crippen LogP contribution >= 0.6 is 11.8 Å². The Kier molecular flexibility index (Phi) is 5.63. The van der Waals surface area contributed by atoms with Crippen LogP contribution in [0.5, 0.6) is 5.88 Å². The first-order chi connectivity index (χ1) is 10.2. The molecule has 0 spiro atoms. The maximum Gasteiger partial charge on any atom is 0.226 e. The van der Waals surface area contributed by atoms with E-state index in [0.717, 1.165) is 5.56 Å². The largest absolute Gasteiger partial charge is 0.481 e. The van der Waals surface area contributed by atoms with Gasteiger partial charge in [0.2, 0.25) is 11.8 Å². The minimum absolute atomic E-state index is 0.0512. The van der Waals surface area contributed by atoms with Crippen molar-refractivity contribution in [2.75, 3.05) is 13.4 Å². The Bertz CT molecular complexity index is 599. The summed E-state index contributed by atoms with van der Waals surface area (Å²) in [6.45, 7) is 0.525. The second kappa shape index (κ2) is 7.69. The standard InChI is InChI=1S/C16H18N2O2S/c1-20-16-5-3-4-13(18-16)10-15(19)17-11-12-6-8-14(21-2)9-7-12/h3-9H,10-11H2,1-2H3,(H,17,19). The van der Waals surface area contributed by atoms with Crippen LogP contribution in [0.2, 0.25) is 0 Å². The van der Waals surface area contributed by atoms with Gasteiger partial charge in [-0.2, -0.15) is 0 Å². The van der Waals surface area contributed by atoms with Gasteiger partial charge < -0.3 is 10.1 Å². The molecule has 1 amide bonds. The van der Waals surface area contributed by atoms with Crippen molar-refractivity contribution >= 4 is 17.7 Å². The Morgan fingerprint density at radius 2 is 2.00 bits per heavy atom. The number of nitrogens with one attached hydrogen (secondary N) is 1. The molecular formula is C16H18N2O2S. The van der Waals surface area contributed by atoms with Gasteiger partial charge in [-0.15, -0.1) is 11.8 Å². The van der Waals surface area contributed by atoms with E-state index in [4.69, 9.17) is 4.74 Å². The number of methoxy groups -OCH3 is 1. The molecule has 2 rings (SSSR count). The monoisotopic (exact) mass is 302 g/mol. The molecule has 0 aliphatic heterocycles. The minimum Gasteiger partial charge on any atom is -0.481 e. The molecule has 0 saturated heterocycles. The van der Waals surface area contributed by atoms with E-state index in [9.17, 15) is 4.79 Å². The second-order valence-electron chi connectivity index (χ2n) is 4.47. The second-order valence-corrected chi connectivity index (χ2v) is 5.35. The number of nitrogens with zero attached hydrogens (tertiary/aromatic N) is 1. The number of carbonyl (C=O) groups excluding carboxylic acids is 1. The van der Waals surface area contributed by atoms with E-state index < -0.39 is 0 Å². The number of hydrogen-bond acceptors (Lipinski definition) is 4. The lowest BCUT2D eigenvalue weighted by Crippen LogP contribution is -2.24. The Balaban J connectivity index is 1.86. The van der Waals surface area contributed by atoms with E-state index in [1.165, 1.54) is 4.90 Å². The first kappa shape index (κ1) is 15.4. The van der Waals surface area contributed by atoms with Crippen LogP contribution in [0.3, 0.4) is 0 Å². The van der Waals surface area contributed by atoms with Gasteiger partial charge in [0.05, 0.1) is 19.2 Å². The van der Waals surface area contributed by atoms with Crippen LogP contribution in [0.4, 0.5) is 0 Å². The number of rotatable bonds is 6. The van der Waals surface area contributed by atoms with Gasteiger partial charge in [-0.05, 0) is 30.0 Å². The number of benzene rings is 1. The first-order valence-electron chi connectivity index (χ1n) is 6.61. The molecule has 4 nitrogen and oxygen atoms in total. The summed E-state index contributed by atoms with van der Waals surface area (Å²) in [4.78, 5) is 17.3. The van der Waals surface area contributed by atoms with Gasteiger partial charge >= 0.3 is 0 Å². The van der Waals surface area contributed by atoms with Gasteiger partial charge in [-0.25, -0.2) is 4.98 Å². The summed E-state index contributed by atoms with van der Waals surface area (Å²) in [5.41, 5.74) is 1.78. The summed E-state index contributed by atoms with van der Waals surface area (Å²) in [5.74, 6) is 0.470. The summed E-state index contributed by atoms with van der Waals surface area (Å²) in [7, 11) is 1.56. The molecule has 2 aromatic rings. The third-order valence-corrected chi connectivity index (χ3v) is 3.72. The zero-order valence-electron chi connectivity index (χ0n) is 12.1. The van der Waals surface area contributed by atoms with Gasteiger partial charge in [0.1, 0.15) is 0 Å². The topological polar surface area (TPSA) is 51.2 Å².